The number of H-pyrrole nitrogens is 1. The highest BCUT2D eigenvalue weighted by atomic mass is 16.5. The molecule has 0 saturated carbocycles. The maximum Gasteiger partial charge on any atom is 0.260 e. The molecule has 0 amide bonds. The number of nitrogens with zero attached hydrogens (tertiary/aromatic N) is 1. The van der Waals surface area contributed by atoms with Crippen LogP contribution in [0.2, 0.25) is 0 Å². The molecule has 0 atom stereocenters. The summed E-state index contributed by atoms with van der Waals surface area (Å²) in [6.45, 7) is 3.14. The Morgan fingerprint density at radius 2 is 1.89 bits per heavy atom. The molecule has 0 unspecified atom stereocenters. The van der Waals surface area contributed by atoms with Gasteiger partial charge in [-0.25, -0.2) is 4.98 Å². The summed E-state index contributed by atoms with van der Waals surface area (Å²) in [5.41, 5.74) is 2.71. The van der Waals surface area contributed by atoms with Gasteiger partial charge in [-0.15, -0.1) is 0 Å². The highest BCUT2D eigenvalue weighted by molar-refractivity contribution is 5.82. The van der Waals surface area contributed by atoms with Gasteiger partial charge in [0.2, 0.25) is 5.95 Å². The Hall–Kier alpha value is -2.86. The van der Waals surface area contributed by atoms with Crippen molar-refractivity contribution in [1.29, 1.82) is 0 Å². The van der Waals surface area contributed by atoms with Crippen molar-refractivity contribution in [3.8, 4) is 0 Å². The van der Waals surface area contributed by atoms with Crippen LogP contribution in [-0.2, 0) is 11.3 Å². The van der Waals surface area contributed by atoms with Gasteiger partial charge in [-0.05, 0) is 42.5 Å². The van der Waals surface area contributed by atoms with Crippen LogP contribution in [0.4, 0.5) is 11.6 Å². The molecule has 6 nitrogen and oxygen atoms in total. The number of benzene rings is 2. The van der Waals surface area contributed by atoms with Gasteiger partial charge in [0.1, 0.15) is 0 Å². The van der Waals surface area contributed by atoms with E-state index in [1.807, 2.05) is 36.4 Å². The minimum absolute atomic E-state index is 0.121. The van der Waals surface area contributed by atoms with E-state index in [2.05, 4.69) is 32.7 Å². The van der Waals surface area contributed by atoms with Crippen molar-refractivity contribution in [3.05, 3.63) is 64.4 Å². The van der Waals surface area contributed by atoms with Gasteiger partial charge in [0.05, 0.1) is 10.9 Å². The van der Waals surface area contributed by atoms with Crippen LogP contribution in [0.3, 0.4) is 0 Å². The van der Waals surface area contributed by atoms with Gasteiger partial charge in [0.15, 0.2) is 0 Å². The summed E-state index contributed by atoms with van der Waals surface area (Å²) >= 11 is 0. The third-order valence-corrected chi connectivity index (χ3v) is 4.95. The number of hydrogen-bond acceptors (Lipinski definition) is 5. The van der Waals surface area contributed by atoms with E-state index in [4.69, 9.17) is 4.74 Å². The molecule has 1 saturated heterocycles. The number of ether oxygens (including phenoxy) is 1. The SMILES string of the molecule is O=c1[nH]c(NCC2CCOCC2)nc2cc(NCc3ccccc3)ccc12. The van der Waals surface area contributed by atoms with E-state index >= 15 is 0 Å². The minimum Gasteiger partial charge on any atom is -0.381 e. The fraction of sp³-hybridized carbons (Fsp3) is 0.333. The number of fused-ring (bicyclic) bond motifs is 1. The average molecular weight is 364 g/mol. The molecule has 0 radical (unpaired) electrons. The number of aromatic nitrogens is 2. The van der Waals surface area contributed by atoms with Crippen LogP contribution in [0.15, 0.2) is 53.3 Å². The predicted octanol–water partition coefficient (Wildman–Crippen LogP) is 3.37. The monoisotopic (exact) mass is 364 g/mol. The highest BCUT2D eigenvalue weighted by Crippen LogP contribution is 2.18. The third-order valence-electron chi connectivity index (χ3n) is 4.95. The van der Waals surface area contributed by atoms with Crippen molar-refractivity contribution in [3.63, 3.8) is 0 Å². The van der Waals surface area contributed by atoms with E-state index in [0.29, 0.717) is 22.8 Å². The van der Waals surface area contributed by atoms with Crippen molar-refractivity contribution in [2.75, 3.05) is 30.4 Å². The summed E-state index contributed by atoms with van der Waals surface area (Å²) < 4.78 is 5.39. The first kappa shape index (κ1) is 17.5. The summed E-state index contributed by atoms with van der Waals surface area (Å²) in [5, 5.41) is 7.27. The lowest BCUT2D eigenvalue weighted by atomic mass is 10.0. The van der Waals surface area contributed by atoms with E-state index in [9.17, 15) is 4.79 Å². The van der Waals surface area contributed by atoms with Crippen LogP contribution >= 0.6 is 0 Å². The molecule has 1 aromatic heterocycles. The molecule has 0 bridgehead atoms. The predicted molar refractivity (Wildman–Crippen MR) is 108 cm³/mol. The first-order chi connectivity index (χ1) is 13.3. The maximum atomic E-state index is 12.4. The lowest BCUT2D eigenvalue weighted by Gasteiger charge is -2.22. The van der Waals surface area contributed by atoms with Crippen LogP contribution in [0.5, 0.6) is 0 Å². The molecule has 1 aliphatic rings. The normalized spacial score (nSPS) is 15.0. The number of hydrogen-bond donors (Lipinski definition) is 3. The second-order valence-electron chi connectivity index (χ2n) is 6.92. The largest absolute Gasteiger partial charge is 0.381 e. The Kier molecular flexibility index (Phi) is 5.34. The Morgan fingerprint density at radius 3 is 2.70 bits per heavy atom. The van der Waals surface area contributed by atoms with E-state index in [0.717, 1.165) is 44.8 Å². The van der Waals surface area contributed by atoms with Crippen LogP contribution in [-0.4, -0.2) is 29.7 Å². The Morgan fingerprint density at radius 1 is 1.07 bits per heavy atom. The number of aromatic amines is 1. The summed E-state index contributed by atoms with van der Waals surface area (Å²) in [7, 11) is 0. The molecule has 1 fully saturated rings. The molecule has 2 aromatic carbocycles. The minimum atomic E-state index is -0.121. The maximum absolute atomic E-state index is 12.4. The second-order valence-corrected chi connectivity index (χ2v) is 6.92. The zero-order valence-electron chi connectivity index (χ0n) is 15.2. The van der Waals surface area contributed by atoms with Crippen LogP contribution in [0, 0.1) is 5.92 Å². The van der Waals surface area contributed by atoms with Gasteiger partial charge in [-0.2, -0.15) is 0 Å². The van der Waals surface area contributed by atoms with Crippen molar-refractivity contribution in [1.82, 2.24) is 9.97 Å². The van der Waals surface area contributed by atoms with E-state index in [-0.39, 0.29) is 5.56 Å². The van der Waals surface area contributed by atoms with Gasteiger partial charge in [0, 0.05) is 32.0 Å². The van der Waals surface area contributed by atoms with Crippen LogP contribution in [0.25, 0.3) is 10.9 Å². The fourth-order valence-electron chi connectivity index (χ4n) is 3.32. The van der Waals surface area contributed by atoms with Crippen LogP contribution in [0.1, 0.15) is 18.4 Å². The lowest BCUT2D eigenvalue weighted by molar-refractivity contribution is 0.0699. The van der Waals surface area contributed by atoms with Crippen molar-refractivity contribution in [2.24, 2.45) is 5.92 Å². The fourth-order valence-corrected chi connectivity index (χ4v) is 3.32. The van der Waals surface area contributed by atoms with Crippen molar-refractivity contribution in [2.45, 2.75) is 19.4 Å². The van der Waals surface area contributed by atoms with E-state index in [1.165, 1.54) is 5.56 Å². The highest BCUT2D eigenvalue weighted by Gasteiger charge is 2.14. The molecule has 1 aliphatic heterocycles. The molecular weight excluding hydrogens is 340 g/mol. The topological polar surface area (TPSA) is 79.0 Å². The smallest absolute Gasteiger partial charge is 0.260 e. The molecule has 6 heteroatoms. The summed E-state index contributed by atoms with van der Waals surface area (Å²) in [4.78, 5) is 19.8. The quantitative estimate of drug-likeness (QED) is 0.625. The van der Waals surface area contributed by atoms with Gasteiger partial charge in [-0.3, -0.25) is 9.78 Å². The molecule has 140 valence electrons. The molecule has 3 aromatic rings. The molecule has 27 heavy (non-hydrogen) atoms. The van der Waals surface area contributed by atoms with E-state index < -0.39 is 0 Å². The van der Waals surface area contributed by atoms with Crippen molar-refractivity contribution < 1.29 is 4.74 Å². The van der Waals surface area contributed by atoms with Gasteiger partial charge < -0.3 is 15.4 Å². The zero-order valence-corrected chi connectivity index (χ0v) is 15.2. The van der Waals surface area contributed by atoms with Gasteiger partial charge >= 0.3 is 0 Å². The summed E-state index contributed by atoms with van der Waals surface area (Å²) in [5.74, 6) is 1.08. The average Bonchev–Trinajstić information content (AvgIpc) is 2.72. The molecular formula is C21H24N4O2. The molecule has 3 N–H and O–H groups in total. The zero-order chi connectivity index (χ0) is 18.5. The standard InChI is InChI=1S/C21H24N4O2/c26-20-18-7-6-17(22-13-15-4-2-1-3-5-15)12-19(18)24-21(25-20)23-14-16-8-10-27-11-9-16/h1-7,12,16,22H,8-11,13-14H2,(H2,23,24,25,26). The van der Waals surface area contributed by atoms with Crippen molar-refractivity contribution >= 4 is 22.5 Å². The molecule has 0 aliphatic carbocycles. The third kappa shape index (κ3) is 4.46. The molecule has 4 rings (SSSR count). The molecule has 0 spiro atoms. The van der Waals surface area contributed by atoms with Gasteiger partial charge in [0.25, 0.3) is 5.56 Å². The van der Waals surface area contributed by atoms with E-state index in [1.54, 1.807) is 0 Å². The van der Waals surface area contributed by atoms with Gasteiger partial charge in [-0.1, -0.05) is 30.3 Å². The lowest BCUT2D eigenvalue weighted by Crippen LogP contribution is -2.24. The Balaban J connectivity index is 1.48. The first-order valence-electron chi connectivity index (χ1n) is 9.41. The Bertz CT molecular complexity index is 949. The second kappa shape index (κ2) is 8.22. The first-order valence-corrected chi connectivity index (χ1v) is 9.41. The van der Waals surface area contributed by atoms with Crippen LogP contribution < -0.4 is 16.2 Å². The summed E-state index contributed by atoms with van der Waals surface area (Å²) in [6.07, 6.45) is 2.08. The number of nitrogens with one attached hydrogen (secondary N) is 3. The molecule has 2 heterocycles. The number of anilines is 2. The number of rotatable bonds is 6. The Labute approximate surface area is 158 Å². The summed E-state index contributed by atoms with van der Waals surface area (Å²) in [6, 6.07) is 15.9.